The molecule has 9 nitrogen and oxygen atoms in total. The van der Waals surface area contributed by atoms with Gasteiger partial charge in [0.2, 0.25) is 0 Å². The van der Waals surface area contributed by atoms with Gasteiger partial charge in [0.1, 0.15) is 23.1 Å². The number of amidine groups is 2. The molecule has 9 heteroatoms. The molecule has 7 aromatic rings. The maximum Gasteiger partial charge on any atom is 0.182 e. The Morgan fingerprint density at radius 2 is 0.700 bits per heavy atom. The second-order valence-electron chi connectivity index (χ2n) is 17.6. The number of hydrogen-bond donors (Lipinski definition) is 0. The van der Waals surface area contributed by atoms with Crippen molar-refractivity contribution in [2.45, 2.75) is 77.5 Å². The van der Waals surface area contributed by atoms with E-state index in [1.54, 1.807) is 0 Å². The molecule has 3 aromatic heterocycles. The molecule has 0 amide bonds. The van der Waals surface area contributed by atoms with E-state index in [9.17, 15) is 0 Å². The predicted molar refractivity (Wildman–Crippen MR) is 244 cm³/mol. The number of hydrogen-bond acceptors (Lipinski definition) is 9. The first-order valence-electron chi connectivity index (χ1n) is 20.5. The molecule has 0 fully saturated rings. The van der Waals surface area contributed by atoms with Gasteiger partial charge in [0, 0.05) is 16.7 Å². The molecule has 0 spiro atoms. The van der Waals surface area contributed by atoms with E-state index in [4.69, 9.17) is 34.9 Å². The first-order chi connectivity index (χ1) is 28.7. The van der Waals surface area contributed by atoms with Gasteiger partial charge in [0.25, 0.3) is 0 Å². The summed E-state index contributed by atoms with van der Waals surface area (Å²) in [5, 5.41) is 0. The molecule has 9 rings (SSSR count). The van der Waals surface area contributed by atoms with Gasteiger partial charge in [0.05, 0.1) is 45.9 Å². The summed E-state index contributed by atoms with van der Waals surface area (Å²) in [6, 6.07) is 47.5. The van der Waals surface area contributed by atoms with Gasteiger partial charge in [-0.1, -0.05) is 115 Å². The monoisotopic (exact) mass is 787 g/mol. The van der Waals surface area contributed by atoms with Gasteiger partial charge in [-0.2, -0.15) is 0 Å². The summed E-state index contributed by atoms with van der Waals surface area (Å²) in [5.74, 6) is 3.29. The second-order valence-corrected chi connectivity index (χ2v) is 17.6. The number of nitrogens with zero attached hydrogens (tertiary/aromatic N) is 9. The average Bonchev–Trinajstić information content (AvgIpc) is 3.59. The van der Waals surface area contributed by atoms with Crippen LogP contribution in [0.1, 0.15) is 66.5 Å². The summed E-state index contributed by atoms with van der Waals surface area (Å²) in [5.41, 5.74) is 7.02. The Kier molecular flexibility index (Phi) is 9.30. The van der Waals surface area contributed by atoms with E-state index in [2.05, 4.69) is 138 Å². The van der Waals surface area contributed by atoms with Gasteiger partial charge < -0.3 is 9.80 Å². The van der Waals surface area contributed by atoms with Gasteiger partial charge in [0.15, 0.2) is 17.5 Å². The first-order valence-corrected chi connectivity index (χ1v) is 20.5. The van der Waals surface area contributed by atoms with Crippen LogP contribution < -0.4 is 9.80 Å². The Morgan fingerprint density at radius 1 is 0.350 bits per heavy atom. The SMILES string of the molecule is CC1(C)N=C(c2ccccc2)N(c2ccc(-c3nc(-c4ccc(-c5ccccc5)cc4)nc(-c4ccc(N5C(c6ccccc6)=NC(C)(C)C5(C)C)cn4)n3)nc2)C1(C)C. The molecule has 0 saturated heterocycles. The summed E-state index contributed by atoms with van der Waals surface area (Å²) < 4.78 is 0. The van der Waals surface area contributed by atoms with E-state index >= 15 is 0 Å². The third-order valence-corrected chi connectivity index (χ3v) is 12.7. The summed E-state index contributed by atoms with van der Waals surface area (Å²) in [6.45, 7) is 17.6. The van der Waals surface area contributed by atoms with Gasteiger partial charge in [-0.05, 0) is 90.8 Å². The largest absolute Gasteiger partial charge is 0.317 e. The summed E-state index contributed by atoms with van der Waals surface area (Å²) >= 11 is 0. The minimum absolute atomic E-state index is 0.327. The highest BCUT2D eigenvalue weighted by molar-refractivity contribution is 6.13. The van der Waals surface area contributed by atoms with Crippen LogP contribution in [0.5, 0.6) is 0 Å². The number of benzene rings is 4. The number of aliphatic imine (C=N–C) groups is 2. The van der Waals surface area contributed by atoms with Crippen molar-refractivity contribution >= 4 is 23.0 Å². The molecule has 0 unspecified atom stereocenters. The van der Waals surface area contributed by atoms with Crippen LogP contribution in [0.4, 0.5) is 11.4 Å². The Labute approximate surface area is 352 Å². The molecule has 0 N–H and O–H groups in total. The molecule has 60 heavy (non-hydrogen) atoms. The Balaban J connectivity index is 1.11. The van der Waals surface area contributed by atoms with Gasteiger partial charge in [-0.25, -0.2) is 15.0 Å². The lowest BCUT2D eigenvalue weighted by Crippen LogP contribution is -2.53. The van der Waals surface area contributed by atoms with E-state index in [0.29, 0.717) is 28.9 Å². The van der Waals surface area contributed by atoms with Crippen molar-refractivity contribution in [2.75, 3.05) is 9.80 Å². The maximum absolute atomic E-state index is 5.23. The van der Waals surface area contributed by atoms with E-state index in [0.717, 1.165) is 50.9 Å². The highest BCUT2D eigenvalue weighted by Crippen LogP contribution is 2.44. The molecular weight excluding hydrogens is 739 g/mol. The van der Waals surface area contributed by atoms with Crippen molar-refractivity contribution in [3.05, 3.63) is 163 Å². The summed E-state index contributed by atoms with van der Waals surface area (Å²) in [6.07, 6.45) is 3.79. The zero-order valence-corrected chi connectivity index (χ0v) is 35.5. The fourth-order valence-corrected chi connectivity index (χ4v) is 7.91. The Hall–Kier alpha value is -6.87. The van der Waals surface area contributed by atoms with Crippen LogP contribution in [0.3, 0.4) is 0 Å². The normalized spacial score (nSPS) is 17.3. The van der Waals surface area contributed by atoms with Crippen LogP contribution in [0, 0.1) is 0 Å². The minimum atomic E-state index is -0.343. The quantitative estimate of drug-likeness (QED) is 0.151. The van der Waals surface area contributed by atoms with Crippen molar-refractivity contribution in [3.8, 4) is 45.6 Å². The Morgan fingerprint density at radius 3 is 1.08 bits per heavy atom. The number of anilines is 2. The van der Waals surface area contributed by atoms with E-state index in [1.807, 2.05) is 79.1 Å². The zero-order valence-electron chi connectivity index (χ0n) is 35.5. The Bertz CT molecular complexity index is 2570. The molecule has 4 aromatic carbocycles. The molecule has 2 aliphatic heterocycles. The molecule has 298 valence electrons. The fourth-order valence-electron chi connectivity index (χ4n) is 7.91. The van der Waals surface area contributed by atoms with Crippen LogP contribution in [-0.2, 0) is 0 Å². The molecule has 0 saturated carbocycles. The third-order valence-electron chi connectivity index (χ3n) is 12.7. The molecule has 2 aliphatic rings. The number of pyridine rings is 2. The predicted octanol–water partition coefficient (Wildman–Crippen LogP) is 11.0. The minimum Gasteiger partial charge on any atom is -0.317 e. The lowest BCUT2D eigenvalue weighted by molar-refractivity contribution is 0.338. The number of rotatable bonds is 8. The topological polar surface area (TPSA) is 95.7 Å². The highest BCUT2D eigenvalue weighted by Gasteiger charge is 2.51. The van der Waals surface area contributed by atoms with Crippen molar-refractivity contribution in [2.24, 2.45) is 9.98 Å². The lowest BCUT2D eigenvalue weighted by Gasteiger charge is -2.41. The van der Waals surface area contributed by atoms with Crippen molar-refractivity contribution in [1.82, 2.24) is 24.9 Å². The molecule has 0 atom stereocenters. The van der Waals surface area contributed by atoms with Crippen LogP contribution in [-0.4, -0.2) is 58.7 Å². The zero-order chi connectivity index (χ0) is 41.9. The second kappa shape index (κ2) is 14.4. The standard InChI is InChI=1S/C51H49N9/c1-48(2)50(5,6)59(46(57-48)37-20-14-10-15-21-37)39-28-30-41(52-32-39)44-54-43(36-26-24-35(25-27-36)34-18-12-9-13-19-34)55-45(56-44)42-31-29-40(33-53-42)60-47(38-22-16-11-17-23-38)58-49(3,4)51(60,7)8/h9-33H,1-8H3. The number of aromatic nitrogens is 5. The summed E-state index contributed by atoms with van der Waals surface area (Å²) in [4.78, 5) is 40.1. The summed E-state index contributed by atoms with van der Waals surface area (Å²) in [7, 11) is 0. The molecule has 0 radical (unpaired) electrons. The van der Waals surface area contributed by atoms with Crippen LogP contribution in [0.25, 0.3) is 45.6 Å². The smallest absolute Gasteiger partial charge is 0.182 e. The van der Waals surface area contributed by atoms with Gasteiger partial charge in [-0.3, -0.25) is 20.0 Å². The molecular formula is C51H49N9. The van der Waals surface area contributed by atoms with Gasteiger partial charge >= 0.3 is 0 Å². The average molecular weight is 788 g/mol. The molecule has 0 bridgehead atoms. The molecule has 5 heterocycles. The van der Waals surface area contributed by atoms with Crippen LogP contribution in [0.15, 0.2) is 162 Å². The molecule has 0 aliphatic carbocycles. The van der Waals surface area contributed by atoms with Crippen LogP contribution >= 0.6 is 0 Å². The highest BCUT2D eigenvalue weighted by atomic mass is 15.3. The fraction of sp³-hybridized carbons (Fsp3) is 0.235. The maximum atomic E-state index is 5.23. The van der Waals surface area contributed by atoms with Crippen molar-refractivity contribution in [1.29, 1.82) is 0 Å². The van der Waals surface area contributed by atoms with Crippen molar-refractivity contribution < 1.29 is 0 Å². The van der Waals surface area contributed by atoms with E-state index in [-0.39, 0.29) is 22.2 Å². The van der Waals surface area contributed by atoms with Crippen LogP contribution in [0.2, 0.25) is 0 Å². The van der Waals surface area contributed by atoms with Crippen molar-refractivity contribution in [3.63, 3.8) is 0 Å². The first kappa shape index (κ1) is 38.6. The van der Waals surface area contributed by atoms with Gasteiger partial charge in [-0.15, -0.1) is 0 Å². The van der Waals surface area contributed by atoms with E-state index < -0.39 is 0 Å². The lowest BCUT2D eigenvalue weighted by atomic mass is 9.83. The third kappa shape index (κ3) is 6.64. The van der Waals surface area contributed by atoms with E-state index in [1.165, 1.54) is 0 Å².